The zero-order valence-corrected chi connectivity index (χ0v) is 10.3. The predicted octanol–water partition coefficient (Wildman–Crippen LogP) is 3.36. The predicted molar refractivity (Wildman–Crippen MR) is 66.4 cm³/mol. The normalized spacial score (nSPS) is 27.7. The molecule has 0 heterocycles. The van der Waals surface area contributed by atoms with Gasteiger partial charge in [0.15, 0.2) is 0 Å². The fourth-order valence-corrected chi connectivity index (χ4v) is 2.20. The van der Waals surface area contributed by atoms with Crippen molar-refractivity contribution in [2.45, 2.75) is 33.6 Å². The molecule has 2 heteroatoms. The fourth-order valence-electron chi connectivity index (χ4n) is 2.03. The molecule has 0 aliphatic heterocycles. The molecule has 0 aromatic carbocycles. The summed E-state index contributed by atoms with van der Waals surface area (Å²) in [5.74, 6) is 2.20. The molecule has 0 fully saturated rings. The minimum atomic E-state index is 0.711. The van der Waals surface area contributed by atoms with E-state index in [4.69, 9.17) is 0 Å². The van der Waals surface area contributed by atoms with Crippen molar-refractivity contribution in [2.75, 3.05) is 5.88 Å². The number of rotatable bonds is 3. The van der Waals surface area contributed by atoms with E-state index in [1.165, 1.54) is 24.1 Å². The van der Waals surface area contributed by atoms with Crippen LogP contribution in [0.25, 0.3) is 0 Å². The Bertz CT molecular complexity index is 243. The molecule has 0 aromatic rings. The van der Waals surface area contributed by atoms with Crippen LogP contribution in [-0.4, -0.2) is 5.88 Å². The summed E-state index contributed by atoms with van der Waals surface area (Å²) in [7, 11) is 0. The highest BCUT2D eigenvalue weighted by atomic mass is 32.1. The number of nitrogens with one attached hydrogen (secondary N) is 1. The second kappa shape index (κ2) is 5.50. The lowest BCUT2D eigenvalue weighted by atomic mass is 9.89. The highest BCUT2D eigenvalue weighted by Gasteiger charge is 2.16. The lowest BCUT2D eigenvalue weighted by Crippen LogP contribution is -2.11. The molecular weight excluding hydrogens is 190 g/mol. The summed E-state index contributed by atoms with van der Waals surface area (Å²) < 4.78 is 0. The van der Waals surface area contributed by atoms with Crippen LogP contribution >= 0.6 is 12.6 Å². The van der Waals surface area contributed by atoms with Gasteiger partial charge in [0, 0.05) is 5.70 Å². The maximum absolute atomic E-state index is 4.20. The van der Waals surface area contributed by atoms with E-state index in [9.17, 15) is 0 Å². The molecule has 0 bridgehead atoms. The van der Waals surface area contributed by atoms with Crippen LogP contribution in [0.15, 0.2) is 23.4 Å². The highest BCUT2D eigenvalue weighted by Crippen LogP contribution is 2.27. The first-order valence-corrected chi connectivity index (χ1v) is 6.06. The van der Waals surface area contributed by atoms with E-state index in [1.807, 2.05) is 0 Å². The Morgan fingerprint density at radius 2 is 2.29 bits per heavy atom. The van der Waals surface area contributed by atoms with Crippen molar-refractivity contribution in [3.05, 3.63) is 23.4 Å². The van der Waals surface area contributed by atoms with Crippen molar-refractivity contribution in [2.24, 2.45) is 11.8 Å². The third kappa shape index (κ3) is 2.81. The van der Waals surface area contributed by atoms with Gasteiger partial charge in [0.05, 0.1) is 5.88 Å². The number of hydrogen-bond donors (Lipinski definition) is 2. The molecule has 0 saturated carbocycles. The Morgan fingerprint density at radius 3 is 2.86 bits per heavy atom. The van der Waals surface area contributed by atoms with E-state index in [0.29, 0.717) is 5.88 Å². The molecule has 1 N–H and O–H groups in total. The second-order valence-electron chi connectivity index (χ2n) is 4.09. The summed E-state index contributed by atoms with van der Waals surface area (Å²) in [5.41, 5.74) is 2.64. The maximum atomic E-state index is 4.20. The first-order valence-electron chi connectivity index (χ1n) is 5.42. The van der Waals surface area contributed by atoms with Gasteiger partial charge in [-0.2, -0.15) is 12.6 Å². The molecule has 14 heavy (non-hydrogen) atoms. The first-order chi connectivity index (χ1) is 6.69. The van der Waals surface area contributed by atoms with E-state index in [0.717, 1.165) is 11.8 Å². The molecule has 1 nitrogen and oxygen atoms in total. The molecular formula is C12H21NS. The van der Waals surface area contributed by atoms with Crippen LogP contribution in [-0.2, 0) is 0 Å². The number of thiol groups is 1. The van der Waals surface area contributed by atoms with Crippen LogP contribution in [0, 0.1) is 11.8 Å². The van der Waals surface area contributed by atoms with E-state index >= 15 is 0 Å². The van der Waals surface area contributed by atoms with Gasteiger partial charge in [-0.15, -0.1) is 0 Å². The molecule has 1 aliphatic rings. The van der Waals surface area contributed by atoms with Crippen LogP contribution < -0.4 is 5.32 Å². The van der Waals surface area contributed by atoms with Crippen LogP contribution in [0.2, 0.25) is 0 Å². The van der Waals surface area contributed by atoms with Crippen molar-refractivity contribution in [3.8, 4) is 0 Å². The molecule has 0 amide bonds. The summed E-state index contributed by atoms with van der Waals surface area (Å²) in [6.45, 7) is 6.78. The van der Waals surface area contributed by atoms with Gasteiger partial charge in [0.1, 0.15) is 0 Å². The molecule has 0 saturated heterocycles. The molecule has 2 atom stereocenters. The molecule has 1 rings (SSSR count). The average Bonchev–Trinajstić information content (AvgIpc) is 2.30. The quantitative estimate of drug-likeness (QED) is 0.539. The standard InChI is InChI=1S/C12H21NS/c1-4-11-7-10(3)12(13-8-14)6-5-9(11)2/h6-7,9,11,13-14H,4-5,8H2,1-3H3. The summed E-state index contributed by atoms with van der Waals surface area (Å²) >= 11 is 4.20. The topological polar surface area (TPSA) is 12.0 Å². The van der Waals surface area contributed by atoms with Gasteiger partial charge in [-0.05, 0) is 37.2 Å². The number of allylic oxidation sites excluding steroid dienone is 3. The Balaban J connectivity index is 2.80. The van der Waals surface area contributed by atoms with Crippen molar-refractivity contribution in [1.82, 2.24) is 5.32 Å². The average molecular weight is 211 g/mol. The molecule has 80 valence electrons. The molecule has 0 aromatic heterocycles. The Morgan fingerprint density at radius 1 is 1.57 bits per heavy atom. The Labute approximate surface area is 93.1 Å². The van der Waals surface area contributed by atoms with Gasteiger partial charge < -0.3 is 5.32 Å². The lowest BCUT2D eigenvalue weighted by molar-refractivity contribution is 0.423. The zero-order chi connectivity index (χ0) is 10.6. The van der Waals surface area contributed by atoms with Crippen LogP contribution in [0.1, 0.15) is 33.6 Å². The molecule has 2 unspecified atom stereocenters. The van der Waals surface area contributed by atoms with E-state index < -0.39 is 0 Å². The van der Waals surface area contributed by atoms with Gasteiger partial charge in [-0.1, -0.05) is 26.0 Å². The van der Waals surface area contributed by atoms with Gasteiger partial charge in [-0.25, -0.2) is 0 Å². The van der Waals surface area contributed by atoms with Gasteiger partial charge >= 0.3 is 0 Å². The van der Waals surface area contributed by atoms with Gasteiger partial charge in [0.2, 0.25) is 0 Å². The van der Waals surface area contributed by atoms with Crippen molar-refractivity contribution >= 4 is 12.6 Å². The summed E-state index contributed by atoms with van der Waals surface area (Å²) in [5, 5.41) is 3.30. The largest absolute Gasteiger partial charge is 0.376 e. The second-order valence-corrected chi connectivity index (χ2v) is 4.40. The third-order valence-corrected chi connectivity index (χ3v) is 3.21. The minimum absolute atomic E-state index is 0.711. The van der Waals surface area contributed by atoms with Crippen molar-refractivity contribution in [1.29, 1.82) is 0 Å². The smallest absolute Gasteiger partial charge is 0.0581 e. The minimum Gasteiger partial charge on any atom is -0.376 e. The maximum Gasteiger partial charge on any atom is 0.0581 e. The summed E-state index contributed by atoms with van der Waals surface area (Å²) in [4.78, 5) is 0. The molecule has 1 aliphatic carbocycles. The van der Waals surface area contributed by atoms with Gasteiger partial charge in [0.25, 0.3) is 0 Å². The zero-order valence-electron chi connectivity index (χ0n) is 9.38. The van der Waals surface area contributed by atoms with Crippen LogP contribution in [0.5, 0.6) is 0 Å². The highest BCUT2D eigenvalue weighted by molar-refractivity contribution is 7.80. The van der Waals surface area contributed by atoms with Gasteiger partial charge in [-0.3, -0.25) is 0 Å². The summed E-state index contributed by atoms with van der Waals surface area (Å²) in [6, 6.07) is 0. The first kappa shape index (κ1) is 11.7. The van der Waals surface area contributed by atoms with Crippen LogP contribution in [0.3, 0.4) is 0 Å². The Kier molecular flexibility index (Phi) is 4.59. The van der Waals surface area contributed by atoms with E-state index in [2.05, 4.69) is 50.9 Å². The lowest BCUT2D eigenvalue weighted by Gasteiger charge is -2.16. The number of hydrogen-bond acceptors (Lipinski definition) is 2. The monoisotopic (exact) mass is 211 g/mol. The van der Waals surface area contributed by atoms with E-state index in [-0.39, 0.29) is 0 Å². The van der Waals surface area contributed by atoms with Crippen LogP contribution in [0.4, 0.5) is 0 Å². The fraction of sp³-hybridized carbons (Fsp3) is 0.667. The Hall–Kier alpha value is -0.370. The molecule has 0 spiro atoms. The SMILES string of the molecule is CCC1C=C(C)C(NCS)=CCC1C. The summed E-state index contributed by atoms with van der Waals surface area (Å²) in [6.07, 6.45) is 7.12. The third-order valence-electron chi connectivity index (χ3n) is 3.05. The molecule has 0 radical (unpaired) electrons. The van der Waals surface area contributed by atoms with Crippen molar-refractivity contribution in [3.63, 3.8) is 0 Å². The van der Waals surface area contributed by atoms with E-state index in [1.54, 1.807) is 0 Å². The van der Waals surface area contributed by atoms with Crippen molar-refractivity contribution < 1.29 is 0 Å².